The second-order valence-electron chi connectivity index (χ2n) is 4.37. The van der Waals surface area contributed by atoms with Gasteiger partial charge in [-0.15, -0.1) is 0 Å². The van der Waals surface area contributed by atoms with Crippen LogP contribution in [-0.2, 0) is 11.3 Å². The van der Waals surface area contributed by atoms with E-state index in [0.29, 0.717) is 25.3 Å². The molecule has 5 nitrogen and oxygen atoms in total. The van der Waals surface area contributed by atoms with E-state index >= 15 is 0 Å². The Hall–Kier alpha value is -1.75. The van der Waals surface area contributed by atoms with Crippen LogP contribution in [0.3, 0.4) is 0 Å². The van der Waals surface area contributed by atoms with Gasteiger partial charge in [-0.25, -0.2) is 0 Å². The van der Waals surface area contributed by atoms with Crippen LogP contribution in [0.4, 0.5) is 0 Å². The molecule has 1 unspecified atom stereocenters. The maximum absolute atomic E-state index is 10.8. The molecule has 0 fully saturated rings. The number of ether oxygens (including phenoxy) is 2. The fourth-order valence-electron chi connectivity index (χ4n) is 1.76. The summed E-state index contributed by atoms with van der Waals surface area (Å²) in [6, 6.07) is 5.83. The number of amides is 1. The first-order valence-electron chi connectivity index (χ1n) is 6.38. The summed E-state index contributed by atoms with van der Waals surface area (Å²) in [7, 11) is 1.62. The third-order valence-electron chi connectivity index (χ3n) is 2.69. The van der Waals surface area contributed by atoms with Gasteiger partial charge in [-0.05, 0) is 31.5 Å². The Balaban J connectivity index is 2.61. The molecule has 3 N–H and O–H groups in total. The van der Waals surface area contributed by atoms with Gasteiger partial charge in [0.25, 0.3) is 0 Å². The molecule has 19 heavy (non-hydrogen) atoms. The summed E-state index contributed by atoms with van der Waals surface area (Å²) >= 11 is 0. The normalized spacial score (nSPS) is 11.9. The Morgan fingerprint density at radius 3 is 2.74 bits per heavy atom. The van der Waals surface area contributed by atoms with Gasteiger partial charge in [-0.3, -0.25) is 4.79 Å². The molecule has 0 aliphatic carbocycles. The quantitative estimate of drug-likeness (QED) is 0.747. The van der Waals surface area contributed by atoms with Crippen molar-refractivity contribution >= 4 is 5.91 Å². The van der Waals surface area contributed by atoms with Gasteiger partial charge >= 0.3 is 0 Å². The average molecular weight is 266 g/mol. The summed E-state index contributed by atoms with van der Waals surface area (Å²) in [4.78, 5) is 10.8. The molecule has 1 atom stereocenters. The Morgan fingerprint density at radius 1 is 1.42 bits per heavy atom. The lowest BCUT2D eigenvalue weighted by atomic mass is 10.1. The van der Waals surface area contributed by atoms with Crippen molar-refractivity contribution in [3.05, 3.63) is 23.8 Å². The number of primary amides is 1. The van der Waals surface area contributed by atoms with Crippen LogP contribution < -0.4 is 20.5 Å². The predicted molar refractivity (Wildman–Crippen MR) is 74.3 cm³/mol. The Labute approximate surface area is 114 Å². The molecule has 0 aliphatic heterocycles. The van der Waals surface area contributed by atoms with Gasteiger partial charge in [0.1, 0.15) is 0 Å². The summed E-state index contributed by atoms with van der Waals surface area (Å²) < 4.78 is 10.7. The Morgan fingerprint density at radius 2 is 2.16 bits per heavy atom. The Bertz CT molecular complexity index is 421. The summed E-state index contributed by atoms with van der Waals surface area (Å²) in [6.45, 7) is 5.11. The van der Waals surface area contributed by atoms with E-state index in [2.05, 4.69) is 5.32 Å². The van der Waals surface area contributed by atoms with Crippen molar-refractivity contribution in [1.29, 1.82) is 0 Å². The van der Waals surface area contributed by atoms with E-state index in [4.69, 9.17) is 15.2 Å². The van der Waals surface area contributed by atoms with Crippen LogP contribution in [0.1, 0.15) is 25.8 Å². The molecule has 106 valence electrons. The smallest absolute Gasteiger partial charge is 0.218 e. The number of carbonyl (C=O) groups excluding carboxylic acids is 1. The van der Waals surface area contributed by atoms with Crippen molar-refractivity contribution in [3.63, 3.8) is 0 Å². The zero-order chi connectivity index (χ0) is 14.3. The zero-order valence-electron chi connectivity index (χ0n) is 11.7. The summed E-state index contributed by atoms with van der Waals surface area (Å²) in [5.74, 6) is 1.15. The van der Waals surface area contributed by atoms with Gasteiger partial charge in [0.2, 0.25) is 5.91 Å². The first-order chi connectivity index (χ1) is 9.06. The van der Waals surface area contributed by atoms with Crippen molar-refractivity contribution in [2.24, 2.45) is 5.73 Å². The van der Waals surface area contributed by atoms with Crippen molar-refractivity contribution in [3.8, 4) is 11.5 Å². The number of nitrogens with one attached hydrogen (secondary N) is 1. The van der Waals surface area contributed by atoms with E-state index in [9.17, 15) is 4.79 Å². The molecule has 1 aromatic carbocycles. The molecular weight excluding hydrogens is 244 g/mol. The Kier molecular flexibility index (Phi) is 6.15. The number of hydrogen-bond acceptors (Lipinski definition) is 4. The fraction of sp³-hybridized carbons (Fsp3) is 0.500. The minimum absolute atomic E-state index is 0.0510. The van der Waals surface area contributed by atoms with Crippen LogP contribution >= 0.6 is 0 Å². The van der Waals surface area contributed by atoms with Gasteiger partial charge in [-0.1, -0.05) is 6.07 Å². The van der Waals surface area contributed by atoms with Gasteiger partial charge in [0.15, 0.2) is 11.5 Å². The molecule has 0 bridgehead atoms. The number of rotatable bonds is 8. The lowest BCUT2D eigenvalue weighted by Gasteiger charge is -2.14. The maximum atomic E-state index is 10.8. The van der Waals surface area contributed by atoms with Gasteiger partial charge in [0, 0.05) is 19.0 Å². The van der Waals surface area contributed by atoms with Crippen molar-refractivity contribution in [1.82, 2.24) is 5.32 Å². The van der Waals surface area contributed by atoms with E-state index in [1.807, 2.05) is 32.0 Å². The molecule has 5 heteroatoms. The second-order valence-corrected chi connectivity index (χ2v) is 4.37. The van der Waals surface area contributed by atoms with Crippen LogP contribution in [0.5, 0.6) is 11.5 Å². The molecule has 1 rings (SSSR count). The first-order valence-corrected chi connectivity index (χ1v) is 6.38. The first kappa shape index (κ1) is 15.3. The lowest BCUT2D eigenvalue weighted by Crippen LogP contribution is -2.30. The molecular formula is C14H22N2O3. The highest BCUT2D eigenvalue weighted by atomic mass is 16.5. The van der Waals surface area contributed by atoms with Crippen LogP contribution in [0.25, 0.3) is 0 Å². The van der Waals surface area contributed by atoms with E-state index in [0.717, 1.165) is 11.3 Å². The van der Waals surface area contributed by atoms with Crippen LogP contribution in [-0.4, -0.2) is 25.7 Å². The van der Waals surface area contributed by atoms with Crippen LogP contribution in [0.15, 0.2) is 18.2 Å². The number of carbonyl (C=O) groups is 1. The predicted octanol–water partition coefficient (Wildman–Crippen LogP) is 1.45. The van der Waals surface area contributed by atoms with Gasteiger partial charge in [-0.2, -0.15) is 0 Å². The van der Waals surface area contributed by atoms with E-state index in [-0.39, 0.29) is 11.9 Å². The van der Waals surface area contributed by atoms with Crippen molar-refractivity contribution in [2.45, 2.75) is 32.9 Å². The highest BCUT2D eigenvalue weighted by molar-refractivity contribution is 5.74. The minimum atomic E-state index is -0.302. The molecule has 0 heterocycles. The lowest BCUT2D eigenvalue weighted by molar-refractivity contribution is -0.118. The second kappa shape index (κ2) is 7.63. The van der Waals surface area contributed by atoms with E-state index < -0.39 is 0 Å². The largest absolute Gasteiger partial charge is 0.493 e. The van der Waals surface area contributed by atoms with Crippen LogP contribution in [0.2, 0.25) is 0 Å². The average Bonchev–Trinajstić information content (AvgIpc) is 2.37. The molecule has 1 amide bonds. The molecule has 0 saturated carbocycles. The van der Waals surface area contributed by atoms with Crippen molar-refractivity contribution < 1.29 is 14.3 Å². The number of benzene rings is 1. The van der Waals surface area contributed by atoms with Crippen molar-refractivity contribution in [2.75, 3.05) is 13.7 Å². The number of hydrogen-bond donors (Lipinski definition) is 2. The summed E-state index contributed by atoms with van der Waals surface area (Å²) in [6.07, 6.45) is 0.328. The highest BCUT2D eigenvalue weighted by Gasteiger charge is 2.08. The molecule has 0 spiro atoms. The number of methoxy groups -OCH3 is 1. The molecule has 0 saturated heterocycles. The molecule has 0 aliphatic rings. The van der Waals surface area contributed by atoms with Gasteiger partial charge in [0.05, 0.1) is 13.7 Å². The van der Waals surface area contributed by atoms with Crippen LogP contribution in [0, 0.1) is 0 Å². The molecule has 0 aromatic heterocycles. The third kappa shape index (κ3) is 5.18. The third-order valence-corrected chi connectivity index (χ3v) is 2.69. The maximum Gasteiger partial charge on any atom is 0.218 e. The summed E-state index contributed by atoms with van der Waals surface area (Å²) in [5.41, 5.74) is 6.21. The van der Waals surface area contributed by atoms with E-state index in [1.165, 1.54) is 0 Å². The zero-order valence-corrected chi connectivity index (χ0v) is 11.7. The minimum Gasteiger partial charge on any atom is -0.493 e. The summed E-state index contributed by atoms with van der Waals surface area (Å²) in [5, 5.41) is 3.24. The van der Waals surface area contributed by atoms with E-state index in [1.54, 1.807) is 7.11 Å². The number of nitrogens with two attached hydrogens (primary N) is 1. The molecule has 0 radical (unpaired) electrons. The monoisotopic (exact) mass is 266 g/mol. The fourth-order valence-corrected chi connectivity index (χ4v) is 1.76. The van der Waals surface area contributed by atoms with Gasteiger partial charge < -0.3 is 20.5 Å². The molecule has 1 aromatic rings. The topological polar surface area (TPSA) is 73.6 Å². The highest BCUT2D eigenvalue weighted by Crippen LogP contribution is 2.27. The standard InChI is InChI=1S/C14H22N2O3/c1-4-19-12-6-5-11(8-13(12)18-3)9-16-10(2)7-14(15)17/h5-6,8,10,16H,4,7,9H2,1-3H3,(H2,15,17). The SMILES string of the molecule is CCOc1ccc(CNC(C)CC(N)=O)cc1OC.